The lowest BCUT2D eigenvalue weighted by Gasteiger charge is -2.27. The second kappa shape index (κ2) is 11.9. The highest BCUT2D eigenvalue weighted by Gasteiger charge is 2.57. The summed E-state index contributed by atoms with van der Waals surface area (Å²) in [5.74, 6) is -1.88. The highest BCUT2D eigenvalue weighted by molar-refractivity contribution is 7.54. The standard InChI is InChI=1S/C23H30ClFN3O8P/c1-14(2)34-20(30)15(3)12-37(32,36-16-7-5-4-6-8-16)33-11-17-19(29)23(24,13-25)21(35-17)28-10-9-18(26)27-22(28)31/h4-10,14-15,17,19,21,29H,11-13H2,1-3H3,(H2,26,27,31)/t15-,17-,19+,21-,23?,37+/m1/s1/i11D2. The number of para-hydroxylation sites is 1. The van der Waals surface area contributed by atoms with Crippen LogP contribution in [0.25, 0.3) is 0 Å². The van der Waals surface area contributed by atoms with E-state index < -0.39 is 74.0 Å². The van der Waals surface area contributed by atoms with Gasteiger partial charge in [0.25, 0.3) is 0 Å². The highest BCUT2D eigenvalue weighted by atomic mass is 35.5. The van der Waals surface area contributed by atoms with Gasteiger partial charge < -0.3 is 24.8 Å². The van der Waals surface area contributed by atoms with Gasteiger partial charge in [-0.2, -0.15) is 4.98 Å². The minimum atomic E-state index is -4.55. The van der Waals surface area contributed by atoms with Crippen molar-refractivity contribution in [2.75, 3.05) is 25.1 Å². The van der Waals surface area contributed by atoms with Crippen LogP contribution in [0.4, 0.5) is 10.2 Å². The van der Waals surface area contributed by atoms with Gasteiger partial charge in [0.2, 0.25) is 0 Å². The van der Waals surface area contributed by atoms with Gasteiger partial charge in [-0.05, 0) is 32.0 Å². The predicted octanol–water partition coefficient (Wildman–Crippen LogP) is 2.91. The Morgan fingerprint density at radius 2 is 2.05 bits per heavy atom. The van der Waals surface area contributed by atoms with Crippen LogP contribution in [0.3, 0.4) is 0 Å². The van der Waals surface area contributed by atoms with Gasteiger partial charge in [-0.3, -0.25) is 13.9 Å². The van der Waals surface area contributed by atoms with E-state index in [4.69, 9.17) is 38.6 Å². The third-order valence-corrected chi connectivity index (χ3v) is 7.70. The molecule has 1 aromatic carbocycles. The molecule has 1 unspecified atom stereocenters. The minimum Gasteiger partial charge on any atom is -0.463 e. The third kappa shape index (κ3) is 6.88. The fourth-order valence-electron chi connectivity index (χ4n) is 3.49. The third-order valence-electron chi connectivity index (χ3n) is 5.32. The SMILES string of the molecule is [2H]C([2H])(O[P@@](=O)(C[C@@H](C)C(=O)OC(C)C)Oc1ccccc1)[C@H]1O[C@@H](n2ccc(N)nc2=O)C(Cl)(CF)[C@H]1O. The summed E-state index contributed by atoms with van der Waals surface area (Å²) in [5, 5.41) is 10.9. The quantitative estimate of drug-likeness (QED) is 0.237. The number of benzene rings is 1. The molecule has 1 aliphatic rings. The summed E-state index contributed by atoms with van der Waals surface area (Å²) in [4.78, 5) is 26.0. The summed E-state index contributed by atoms with van der Waals surface area (Å²) in [7, 11) is -4.55. The molecule has 14 heteroatoms. The van der Waals surface area contributed by atoms with E-state index in [1.165, 1.54) is 25.1 Å². The molecule has 1 aliphatic heterocycles. The van der Waals surface area contributed by atoms with Crippen LogP contribution in [-0.4, -0.2) is 63.2 Å². The van der Waals surface area contributed by atoms with Crippen molar-refractivity contribution in [3.63, 3.8) is 0 Å². The maximum absolute atomic E-state index is 14.2. The zero-order chi connectivity index (χ0) is 29.2. The van der Waals surface area contributed by atoms with Crippen LogP contribution in [0.1, 0.15) is 29.7 Å². The first-order valence-corrected chi connectivity index (χ1v) is 13.4. The number of aromatic nitrogens is 2. The largest absolute Gasteiger partial charge is 0.463 e. The van der Waals surface area contributed by atoms with E-state index in [0.717, 1.165) is 10.8 Å². The number of rotatable bonds is 11. The molecule has 2 heterocycles. The first-order valence-electron chi connectivity index (χ1n) is 12.3. The molecule has 3 rings (SSSR count). The van der Waals surface area contributed by atoms with Crippen molar-refractivity contribution in [2.24, 2.45) is 5.92 Å². The van der Waals surface area contributed by atoms with Crippen molar-refractivity contribution in [1.29, 1.82) is 0 Å². The lowest BCUT2D eigenvalue weighted by molar-refractivity contribution is -0.151. The monoisotopic (exact) mass is 563 g/mol. The number of halogens is 2. The smallest absolute Gasteiger partial charge is 0.380 e. The molecule has 1 fully saturated rings. The molecule has 1 aromatic heterocycles. The van der Waals surface area contributed by atoms with Crippen LogP contribution in [-0.2, 0) is 23.4 Å². The summed E-state index contributed by atoms with van der Waals surface area (Å²) in [6.45, 7) is 0.0514. The Kier molecular flexibility index (Phi) is 8.41. The summed E-state index contributed by atoms with van der Waals surface area (Å²) < 4.78 is 67.5. The van der Waals surface area contributed by atoms with Crippen molar-refractivity contribution in [3.05, 3.63) is 53.1 Å². The van der Waals surface area contributed by atoms with Crippen molar-refractivity contribution in [3.8, 4) is 5.75 Å². The zero-order valence-electron chi connectivity index (χ0n) is 22.3. The Bertz CT molecular complexity index is 1270. The summed E-state index contributed by atoms with van der Waals surface area (Å²) in [6.07, 6.45) is -5.91. The molecular formula is C23H30ClFN3O8P. The molecular weight excluding hydrogens is 532 g/mol. The Morgan fingerprint density at radius 1 is 1.38 bits per heavy atom. The van der Waals surface area contributed by atoms with Gasteiger partial charge in [-0.25, -0.2) is 13.8 Å². The summed E-state index contributed by atoms with van der Waals surface area (Å²) in [5.41, 5.74) is 4.49. The normalized spacial score (nSPS) is 27.2. The molecule has 204 valence electrons. The number of carbonyl (C=O) groups excluding carboxylic acids is 1. The van der Waals surface area contributed by atoms with E-state index in [1.54, 1.807) is 32.0 Å². The molecule has 0 bridgehead atoms. The maximum Gasteiger partial charge on any atom is 0.380 e. The predicted molar refractivity (Wildman–Crippen MR) is 133 cm³/mol. The number of nitrogen functional groups attached to an aromatic ring is 1. The molecule has 3 N–H and O–H groups in total. The molecule has 0 spiro atoms. The zero-order valence-corrected chi connectivity index (χ0v) is 22.0. The van der Waals surface area contributed by atoms with Crippen LogP contribution < -0.4 is 15.9 Å². The van der Waals surface area contributed by atoms with E-state index in [0.29, 0.717) is 0 Å². The average Bonchev–Trinajstić information content (AvgIpc) is 3.10. The Hall–Kier alpha value is -2.50. The van der Waals surface area contributed by atoms with Gasteiger partial charge in [0.15, 0.2) is 6.23 Å². The van der Waals surface area contributed by atoms with E-state index in [-0.39, 0.29) is 11.6 Å². The fraction of sp³-hybridized carbons (Fsp3) is 0.522. The van der Waals surface area contributed by atoms with Crippen molar-refractivity contribution in [2.45, 2.75) is 50.2 Å². The number of carbonyl (C=O) groups is 1. The number of aliphatic hydroxyl groups excluding tert-OH is 1. The van der Waals surface area contributed by atoms with E-state index >= 15 is 0 Å². The first kappa shape index (κ1) is 26.1. The number of anilines is 1. The van der Waals surface area contributed by atoms with Gasteiger partial charge >= 0.3 is 19.3 Å². The molecule has 0 radical (unpaired) electrons. The Morgan fingerprint density at radius 3 is 2.65 bits per heavy atom. The Balaban J connectivity index is 1.95. The topological polar surface area (TPSA) is 152 Å². The number of nitrogens with two attached hydrogens (primary N) is 1. The highest BCUT2D eigenvalue weighted by Crippen LogP contribution is 2.51. The van der Waals surface area contributed by atoms with Crippen LogP contribution >= 0.6 is 19.2 Å². The number of ether oxygens (including phenoxy) is 2. The number of hydrogen-bond donors (Lipinski definition) is 2. The van der Waals surface area contributed by atoms with Gasteiger partial charge in [-0.1, -0.05) is 25.1 Å². The second-order valence-electron chi connectivity index (χ2n) is 8.75. The molecule has 1 saturated heterocycles. The van der Waals surface area contributed by atoms with Crippen LogP contribution in [0.2, 0.25) is 0 Å². The van der Waals surface area contributed by atoms with Crippen LogP contribution in [0, 0.1) is 5.92 Å². The number of esters is 1. The van der Waals surface area contributed by atoms with Gasteiger partial charge in [0, 0.05) is 6.20 Å². The molecule has 6 atom stereocenters. The van der Waals surface area contributed by atoms with Crippen LogP contribution in [0.5, 0.6) is 5.75 Å². The number of alkyl halides is 2. The second-order valence-corrected chi connectivity index (χ2v) is 11.4. The van der Waals surface area contributed by atoms with Crippen LogP contribution in [0.15, 0.2) is 47.4 Å². The van der Waals surface area contributed by atoms with Gasteiger partial charge in [0.1, 0.15) is 35.3 Å². The molecule has 0 saturated carbocycles. The number of aliphatic hydroxyl groups is 1. The molecule has 2 aromatic rings. The Labute approximate surface area is 221 Å². The van der Waals surface area contributed by atoms with Crippen molar-refractivity contribution in [1.82, 2.24) is 9.55 Å². The fourth-order valence-corrected chi connectivity index (χ4v) is 5.47. The van der Waals surface area contributed by atoms with Crippen molar-refractivity contribution >= 4 is 31.0 Å². The lowest BCUT2D eigenvalue weighted by Crippen LogP contribution is -2.46. The van der Waals surface area contributed by atoms with Gasteiger partial charge in [0.05, 0.1) is 27.5 Å². The molecule has 0 aliphatic carbocycles. The van der Waals surface area contributed by atoms with E-state index in [2.05, 4.69) is 4.98 Å². The summed E-state index contributed by atoms with van der Waals surface area (Å²) in [6, 6.07) is 8.88. The first-order chi connectivity index (χ1) is 18.1. The van der Waals surface area contributed by atoms with Crippen molar-refractivity contribution < 1.29 is 40.1 Å². The number of hydrogen-bond acceptors (Lipinski definition) is 10. The maximum atomic E-state index is 14.2. The van der Waals surface area contributed by atoms with E-state index in [9.17, 15) is 23.7 Å². The molecule has 37 heavy (non-hydrogen) atoms. The lowest BCUT2D eigenvalue weighted by atomic mass is 10.00. The van der Waals surface area contributed by atoms with Gasteiger partial charge in [-0.15, -0.1) is 11.6 Å². The molecule has 11 nitrogen and oxygen atoms in total. The van der Waals surface area contributed by atoms with E-state index in [1.807, 2.05) is 0 Å². The number of nitrogens with zero attached hydrogens (tertiary/aromatic N) is 2. The average molecular weight is 564 g/mol. The summed E-state index contributed by atoms with van der Waals surface area (Å²) >= 11 is 6.34. The molecule has 0 amide bonds. The minimum absolute atomic E-state index is 0.0433.